The highest BCUT2D eigenvalue weighted by Gasteiger charge is 2.20. The van der Waals surface area contributed by atoms with E-state index >= 15 is 0 Å². The van der Waals surface area contributed by atoms with E-state index < -0.39 is 0 Å². The molecule has 90 valence electrons. The molecule has 2 atom stereocenters. The molecule has 0 aromatic carbocycles. The molecule has 0 aliphatic heterocycles. The number of hydrogen-bond acceptors (Lipinski definition) is 2. The van der Waals surface area contributed by atoms with Gasteiger partial charge < -0.3 is 5.32 Å². The van der Waals surface area contributed by atoms with Crippen molar-refractivity contribution in [2.75, 3.05) is 7.05 Å². The summed E-state index contributed by atoms with van der Waals surface area (Å²) in [7, 11) is 1.99. The third-order valence-corrected chi connectivity index (χ3v) is 3.82. The maximum absolute atomic E-state index is 4.50. The first kappa shape index (κ1) is 14.1. The third-order valence-electron chi connectivity index (χ3n) is 2.75. The van der Waals surface area contributed by atoms with Gasteiger partial charge >= 0.3 is 0 Å². The fourth-order valence-corrected chi connectivity index (χ4v) is 3.20. The number of rotatable bonds is 5. The molecule has 2 nitrogen and oxygen atoms in total. The van der Waals surface area contributed by atoms with Crippen molar-refractivity contribution in [2.45, 2.75) is 32.7 Å². The van der Waals surface area contributed by atoms with E-state index in [0.717, 1.165) is 14.6 Å². The van der Waals surface area contributed by atoms with Crippen LogP contribution in [0, 0.1) is 5.92 Å². The first-order valence-electron chi connectivity index (χ1n) is 5.58. The second kappa shape index (κ2) is 6.72. The van der Waals surface area contributed by atoms with Crippen molar-refractivity contribution in [2.24, 2.45) is 5.92 Å². The van der Waals surface area contributed by atoms with Crippen LogP contribution in [0.1, 0.15) is 38.4 Å². The van der Waals surface area contributed by atoms with Crippen LogP contribution in [0.25, 0.3) is 0 Å². The van der Waals surface area contributed by atoms with E-state index in [1.165, 1.54) is 12.8 Å². The van der Waals surface area contributed by atoms with Gasteiger partial charge in [0.15, 0.2) is 0 Å². The standard InChI is InChI=1S/C12H18Br2N2/c1-4-5-8(2)11(15-3)12-10(14)6-9(13)7-16-12/h6-8,11,15H,4-5H2,1-3H3. The zero-order chi connectivity index (χ0) is 12.1. The quantitative estimate of drug-likeness (QED) is 0.857. The average molecular weight is 350 g/mol. The first-order chi connectivity index (χ1) is 7.60. The van der Waals surface area contributed by atoms with Gasteiger partial charge in [-0.3, -0.25) is 4.98 Å². The number of aromatic nitrogens is 1. The molecular formula is C12H18Br2N2. The molecule has 0 amide bonds. The van der Waals surface area contributed by atoms with Gasteiger partial charge in [0.05, 0.1) is 11.7 Å². The molecule has 1 heterocycles. The van der Waals surface area contributed by atoms with E-state index in [1.807, 2.05) is 19.3 Å². The summed E-state index contributed by atoms with van der Waals surface area (Å²) >= 11 is 7.00. The summed E-state index contributed by atoms with van der Waals surface area (Å²) in [5, 5.41) is 3.36. The van der Waals surface area contributed by atoms with Crippen molar-refractivity contribution in [3.05, 3.63) is 26.9 Å². The minimum absolute atomic E-state index is 0.308. The Bertz CT molecular complexity index is 342. The molecule has 0 saturated heterocycles. The van der Waals surface area contributed by atoms with Gasteiger partial charge in [0.2, 0.25) is 0 Å². The van der Waals surface area contributed by atoms with Crippen LogP contribution in [0.3, 0.4) is 0 Å². The minimum Gasteiger partial charge on any atom is -0.311 e. The van der Waals surface area contributed by atoms with E-state index in [-0.39, 0.29) is 0 Å². The smallest absolute Gasteiger partial charge is 0.0718 e. The van der Waals surface area contributed by atoms with Gasteiger partial charge in [-0.2, -0.15) is 0 Å². The Balaban J connectivity index is 2.94. The summed E-state index contributed by atoms with van der Waals surface area (Å²) in [6.07, 6.45) is 4.26. The van der Waals surface area contributed by atoms with Crippen molar-refractivity contribution in [3.8, 4) is 0 Å². The van der Waals surface area contributed by atoms with Crippen molar-refractivity contribution in [1.82, 2.24) is 10.3 Å². The van der Waals surface area contributed by atoms with Crippen molar-refractivity contribution >= 4 is 31.9 Å². The maximum Gasteiger partial charge on any atom is 0.0718 e. The van der Waals surface area contributed by atoms with Gasteiger partial charge in [-0.15, -0.1) is 0 Å². The number of hydrogen-bond donors (Lipinski definition) is 1. The van der Waals surface area contributed by atoms with Gasteiger partial charge in [0.25, 0.3) is 0 Å². The molecule has 0 bridgehead atoms. The predicted molar refractivity (Wildman–Crippen MR) is 75.5 cm³/mol. The lowest BCUT2D eigenvalue weighted by atomic mass is 9.94. The highest BCUT2D eigenvalue weighted by molar-refractivity contribution is 9.11. The van der Waals surface area contributed by atoms with Crippen LogP contribution >= 0.6 is 31.9 Å². The number of nitrogens with one attached hydrogen (secondary N) is 1. The molecule has 0 spiro atoms. The van der Waals surface area contributed by atoms with Gasteiger partial charge in [-0.05, 0) is 57.3 Å². The summed E-state index contributed by atoms with van der Waals surface area (Å²) in [4.78, 5) is 4.50. The Labute approximate surface area is 114 Å². The average Bonchev–Trinajstić information content (AvgIpc) is 2.22. The Morgan fingerprint density at radius 3 is 2.62 bits per heavy atom. The van der Waals surface area contributed by atoms with E-state index in [0.29, 0.717) is 12.0 Å². The Kier molecular flexibility index (Phi) is 5.94. The highest BCUT2D eigenvalue weighted by atomic mass is 79.9. The largest absolute Gasteiger partial charge is 0.311 e. The summed E-state index contributed by atoms with van der Waals surface area (Å²) in [6.45, 7) is 4.48. The van der Waals surface area contributed by atoms with Crippen LogP contribution in [-0.2, 0) is 0 Å². The zero-order valence-electron chi connectivity index (χ0n) is 9.93. The Morgan fingerprint density at radius 2 is 2.12 bits per heavy atom. The van der Waals surface area contributed by atoms with Gasteiger partial charge in [0.1, 0.15) is 0 Å². The Morgan fingerprint density at radius 1 is 1.44 bits per heavy atom. The molecule has 2 unspecified atom stereocenters. The molecule has 0 fully saturated rings. The Hall–Kier alpha value is 0.0700. The van der Waals surface area contributed by atoms with Crippen LogP contribution in [0.5, 0.6) is 0 Å². The molecule has 16 heavy (non-hydrogen) atoms. The van der Waals surface area contributed by atoms with E-state index in [2.05, 4.69) is 56.0 Å². The SMILES string of the molecule is CCCC(C)C(NC)c1ncc(Br)cc1Br. The van der Waals surface area contributed by atoms with Gasteiger partial charge in [0, 0.05) is 15.1 Å². The molecule has 1 aromatic heterocycles. The van der Waals surface area contributed by atoms with Crippen LogP contribution in [-0.4, -0.2) is 12.0 Å². The maximum atomic E-state index is 4.50. The first-order valence-corrected chi connectivity index (χ1v) is 7.17. The summed E-state index contributed by atoms with van der Waals surface area (Å²) in [5.74, 6) is 0.583. The second-order valence-electron chi connectivity index (χ2n) is 4.05. The van der Waals surface area contributed by atoms with Crippen molar-refractivity contribution in [3.63, 3.8) is 0 Å². The van der Waals surface area contributed by atoms with E-state index in [4.69, 9.17) is 0 Å². The number of pyridine rings is 1. The van der Waals surface area contributed by atoms with E-state index in [1.54, 1.807) is 0 Å². The molecule has 1 rings (SSSR count). The van der Waals surface area contributed by atoms with Crippen molar-refractivity contribution < 1.29 is 0 Å². The summed E-state index contributed by atoms with van der Waals surface area (Å²) in [6, 6.07) is 2.35. The number of halogens is 2. The second-order valence-corrected chi connectivity index (χ2v) is 5.82. The topological polar surface area (TPSA) is 24.9 Å². The minimum atomic E-state index is 0.308. The molecule has 0 radical (unpaired) electrons. The predicted octanol–water partition coefficient (Wildman–Crippen LogP) is 4.30. The summed E-state index contributed by atoms with van der Waals surface area (Å²) < 4.78 is 2.06. The van der Waals surface area contributed by atoms with Gasteiger partial charge in [-0.25, -0.2) is 0 Å². The molecule has 0 aliphatic carbocycles. The molecule has 1 aromatic rings. The highest BCUT2D eigenvalue weighted by Crippen LogP contribution is 2.30. The van der Waals surface area contributed by atoms with Gasteiger partial charge in [-0.1, -0.05) is 20.3 Å². The molecule has 0 aliphatic rings. The lowest BCUT2D eigenvalue weighted by Gasteiger charge is -2.23. The zero-order valence-corrected chi connectivity index (χ0v) is 13.1. The van der Waals surface area contributed by atoms with Crippen LogP contribution in [0.15, 0.2) is 21.2 Å². The molecular weight excluding hydrogens is 332 g/mol. The molecule has 4 heteroatoms. The normalized spacial score (nSPS) is 14.8. The summed E-state index contributed by atoms with van der Waals surface area (Å²) in [5.41, 5.74) is 1.09. The van der Waals surface area contributed by atoms with E-state index in [9.17, 15) is 0 Å². The van der Waals surface area contributed by atoms with Crippen LogP contribution in [0.4, 0.5) is 0 Å². The fraction of sp³-hybridized carbons (Fsp3) is 0.583. The lowest BCUT2D eigenvalue weighted by molar-refractivity contribution is 0.375. The molecule has 0 saturated carbocycles. The lowest BCUT2D eigenvalue weighted by Crippen LogP contribution is -2.24. The monoisotopic (exact) mass is 348 g/mol. The fourth-order valence-electron chi connectivity index (χ4n) is 1.97. The third kappa shape index (κ3) is 3.54. The van der Waals surface area contributed by atoms with Crippen molar-refractivity contribution in [1.29, 1.82) is 0 Å². The molecule has 1 N–H and O–H groups in total. The number of nitrogens with zero attached hydrogens (tertiary/aromatic N) is 1. The van der Waals surface area contributed by atoms with Crippen LogP contribution < -0.4 is 5.32 Å². The van der Waals surface area contributed by atoms with Crippen LogP contribution in [0.2, 0.25) is 0 Å².